The third-order valence-corrected chi connectivity index (χ3v) is 5.20. The lowest BCUT2D eigenvalue weighted by atomic mass is 10.1. The minimum absolute atomic E-state index is 0.205. The fourth-order valence-electron chi connectivity index (χ4n) is 2.85. The molecule has 1 aliphatic heterocycles. The molecule has 0 bridgehead atoms. The van der Waals surface area contributed by atoms with Crippen LogP contribution in [0.3, 0.4) is 0 Å². The number of aromatic nitrogens is 1. The molecular weight excluding hydrogens is 364 g/mol. The molecule has 3 aromatic rings. The van der Waals surface area contributed by atoms with Crippen LogP contribution in [0.15, 0.2) is 41.4 Å². The van der Waals surface area contributed by atoms with Gasteiger partial charge in [-0.1, -0.05) is 29.4 Å². The third-order valence-electron chi connectivity index (χ3n) is 4.16. The van der Waals surface area contributed by atoms with Gasteiger partial charge in [-0.05, 0) is 17.7 Å². The van der Waals surface area contributed by atoms with E-state index in [0.717, 1.165) is 21.5 Å². The molecule has 0 aliphatic carbocycles. The summed E-state index contributed by atoms with van der Waals surface area (Å²) in [7, 11) is 1.60. The number of terminal acetylenes is 1. The van der Waals surface area contributed by atoms with E-state index in [1.165, 1.54) is 11.3 Å². The van der Waals surface area contributed by atoms with Crippen LogP contribution in [0.5, 0.6) is 17.2 Å². The molecule has 7 heteroatoms. The number of amides is 1. The summed E-state index contributed by atoms with van der Waals surface area (Å²) in [6.07, 6.45) is 5.72. The standard InChI is InChI=1S/C20H16N2O4S/c1-3-8-22-15-10-16-17(26-12-25-16)11-18(15)27-20(22)21-19(23)9-13-4-6-14(24-2)7-5-13/h1,4-7,10-11H,8-9,12H2,2H3. The van der Waals surface area contributed by atoms with Crippen molar-refractivity contribution in [3.05, 3.63) is 46.8 Å². The molecule has 2 heterocycles. The van der Waals surface area contributed by atoms with Gasteiger partial charge in [-0.25, -0.2) is 0 Å². The molecule has 1 amide bonds. The van der Waals surface area contributed by atoms with E-state index in [0.29, 0.717) is 22.8 Å². The van der Waals surface area contributed by atoms with Crippen molar-refractivity contribution in [3.8, 4) is 29.6 Å². The molecule has 0 saturated heterocycles. The normalized spacial score (nSPS) is 13.0. The third kappa shape index (κ3) is 3.39. The molecule has 2 aromatic carbocycles. The quantitative estimate of drug-likeness (QED) is 0.653. The molecule has 4 rings (SSSR count). The number of hydrogen-bond donors (Lipinski definition) is 0. The minimum Gasteiger partial charge on any atom is -0.497 e. The van der Waals surface area contributed by atoms with E-state index in [2.05, 4.69) is 10.9 Å². The summed E-state index contributed by atoms with van der Waals surface area (Å²) >= 11 is 1.40. The molecule has 1 aromatic heterocycles. The molecule has 0 atom stereocenters. The number of ether oxygens (including phenoxy) is 3. The van der Waals surface area contributed by atoms with Crippen molar-refractivity contribution in [3.63, 3.8) is 0 Å². The van der Waals surface area contributed by atoms with Crippen molar-refractivity contribution in [2.75, 3.05) is 13.9 Å². The summed E-state index contributed by atoms with van der Waals surface area (Å²) in [5.74, 6) is 4.48. The van der Waals surface area contributed by atoms with Crippen LogP contribution in [-0.4, -0.2) is 24.4 Å². The van der Waals surface area contributed by atoms with E-state index in [4.69, 9.17) is 20.6 Å². The number of fused-ring (bicyclic) bond motifs is 2. The van der Waals surface area contributed by atoms with Gasteiger partial charge >= 0.3 is 0 Å². The average molecular weight is 380 g/mol. The summed E-state index contributed by atoms with van der Waals surface area (Å²) in [4.78, 5) is 17.3. The molecule has 6 nitrogen and oxygen atoms in total. The maximum Gasteiger partial charge on any atom is 0.252 e. The first-order valence-electron chi connectivity index (χ1n) is 8.25. The van der Waals surface area contributed by atoms with Crippen molar-refractivity contribution >= 4 is 27.5 Å². The minimum atomic E-state index is -0.238. The summed E-state index contributed by atoms with van der Waals surface area (Å²) < 4.78 is 18.8. The van der Waals surface area contributed by atoms with Crippen LogP contribution < -0.4 is 19.0 Å². The van der Waals surface area contributed by atoms with Gasteiger partial charge in [-0.3, -0.25) is 4.79 Å². The van der Waals surface area contributed by atoms with Gasteiger partial charge in [-0.2, -0.15) is 4.99 Å². The Morgan fingerprint density at radius 2 is 2.04 bits per heavy atom. The fourth-order valence-corrected chi connectivity index (χ4v) is 3.91. The Morgan fingerprint density at radius 3 is 2.74 bits per heavy atom. The molecule has 27 heavy (non-hydrogen) atoms. The van der Waals surface area contributed by atoms with Crippen LogP contribution in [0.2, 0.25) is 0 Å². The highest BCUT2D eigenvalue weighted by molar-refractivity contribution is 7.16. The molecule has 1 aliphatic rings. The zero-order valence-electron chi connectivity index (χ0n) is 14.6. The number of nitrogens with zero attached hydrogens (tertiary/aromatic N) is 2. The highest BCUT2D eigenvalue weighted by atomic mass is 32.1. The van der Waals surface area contributed by atoms with Gasteiger partial charge < -0.3 is 18.8 Å². The SMILES string of the molecule is C#CCn1c(=NC(=O)Cc2ccc(OC)cc2)sc2cc3c(cc21)OCO3. The smallest absolute Gasteiger partial charge is 0.252 e. The van der Waals surface area contributed by atoms with Crippen LogP contribution in [0.4, 0.5) is 0 Å². The number of carbonyl (C=O) groups excluding carboxylic acids is 1. The van der Waals surface area contributed by atoms with Gasteiger partial charge in [0, 0.05) is 12.1 Å². The van der Waals surface area contributed by atoms with Crippen LogP contribution >= 0.6 is 11.3 Å². The molecule has 0 unspecified atom stereocenters. The molecule has 0 N–H and O–H groups in total. The molecule has 0 spiro atoms. The Labute approximate surface area is 159 Å². The number of benzene rings is 2. The zero-order chi connectivity index (χ0) is 18.8. The maximum atomic E-state index is 12.5. The fraction of sp³-hybridized carbons (Fsp3) is 0.200. The lowest BCUT2D eigenvalue weighted by Gasteiger charge is -2.02. The predicted molar refractivity (Wildman–Crippen MR) is 102 cm³/mol. The van der Waals surface area contributed by atoms with Gasteiger partial charge in [0.25, 0.3) is 5.91 Å². The topological polar surface area (TPSA) is 62.1 Å². The summed E-state index contributed by atoms with van der Waals surface area (Å²) in [5.41, 5.74) is 1.74. The second-order valence-electron chi connectivity index (χ2n) is 5.88. The van der Waals surface area contributed by atoms with Crippen LogP contribution in [0, 0.1) is 12.3 Å². The van der Waals surface area contributed by atoms with Gasteiger partial charge in [0.2, 0.25) is 6.79 Å². The average Bonchev–Trinajstić information content (AvgIpc) is 3.25. The Bertz CT molecular complexity index is 1120. The Hall–Kier alpha value is -3.24. The predicted octanol–water partition coefficient (Wildman–Crippen LogP) is 2.74. The van der Waals surface area contributed by atoms with E-state index in [1.807, 2.05) is 41.0 Å². The van der Waals surface area contributed by atoms with E-state index >= 15 is 0 Å². The van der Waals surface area contributed by atoms with Crippen molar-refractivity contribution in [1.82, 2.24) is 4.57 Å². The molecular formula is C20H16N2O4S. The van der Waals surface area contributed by atoms with E-state index in [1.54, 1.807) is 7.11 Å². The van der Waals surface area contributed by atoms with Gasteiger partial charge in [0.05, 0.1) is 30.3 Å². The van der Waals surface area contributed by atoms with Crippen LogP contribution in [0.1, 0.15) is 5.56 Å². The maximum absolute atomic E-state index is 12.5. The first-order valence-corrected chi connectivity index (χ1v) is 9.06. The Balaban J connectivity index is 1.69. The van der Waals surface area contributed by atoms with E-state index < -0.39 is 0 Å². The summed E-state index contributed by atoms with van der Waals surface area (Å²) in [5, 5.41) is 0. The van der Waals surface area contributed by atoms with Crippen molar-refractivity contribution in [2.24, 2.45) is 4.99 Å². The Morgan fingerprint density at radius 1 is 1.30 bits per heavy atom. The van der Waals surface area contributed by atoms with E-state index in [9.17, 15) is 4.79 Å². The molecule has 136 valence electrons. The largest absolute Gasteiger partial charge is 0.497 e. The van der Waals surface area contributed by atoms with Gasteiger partial charge in [0.1, 0.15) is 5.75 Å². The zero-order valence-corrected chi connectivity index (χ0v) is 15.4. The number of methoxy groups -OCH3 is 1. The monoisotopic (exact) mass is 380 g/mol. The van der Waals surface area contributed by atoms with E-state index in [-0.39, 0.29) is 19.1 Å². The number of hydrogen-bond acceptors (Lipinski definition) is 5. The first kappa shape index (κ1) is 17.2. The van der Waals surface area contributed by atoms with Crippen LogP contribution in [-0.2, 0) is 17.8 Å². The molecule has 0 radical (unpaired) electrons. The second kappa shape index (κ2) is 7.17. The first-order chi connectivity index (χ1) is 13.2. The van der Waals surface area contributed by atoms with Crippen molar-refractivity contribution in [1.29, 1.82) is 0 Å². The van der Waals surface area contributed by atoms with Crippen molar-refractivity contribution in [2.45, 2.75) is 13.0 Å². The second-order valence-corrected chi connectivity index (χ2v) is 6.89. The Kier molecular flexibility index (Phi) is 4.57. The van der Waals surface area contributed by atoms with Gasteiger partial charge in [-0.15, -0.1) is 6.42 Å². The number of carbonyl (C=O) groups is 1. The number of rotatable bonds is 4. The highest BCUT2D eigenvalue weighted by Gasteiger charge is 2.17. The lowest BCUT2D eigenvalue weighted by molar-refractivity contribution is -0.117. The van der Waals surface area contributed by atoms with Crippen LogP contribution in [0.25, 0.3) is 10.2 Å². The van der Waals surface area contributed by atoms with Crippen molar-refractivity contribution < 1.29 is 19.0 Å². The number of thiazole rings is 1. The summed E-state index contributed by atoms with van der Waals surface area (Å²) in [6, 6.07) is 11.1. The highest BCUT2D eigenvalue weighted by Crippen LogP contribution is 2.36. The lowest BCUT2D eigenvalue weighted by Crippen LogP contribution is -2.17. The molecule has 0 saturated carbocycles. The van der Waals surface area contributed by atoms with Gasteiger partial charge in [0.15, 0.2) is 16.3 Å². The molecule has 0 fully saturated rings. The summed E-state index contributed by atoms with van der Waals surface area (Å²) in [6.45, 7) is 0.521.